The zero-order valence-corrected chi connectivity index (χ0v) is 13.0. The maximum Gasteiger partial charge on any atom is 0.0785 e. The number of rotatable bonds is 4. The summed E-state index contributed by atoms with van der Waals surface area (Å²) in [5.74, 6) is 0.948. The molecule has 2 nitrogen and oxygen atoms in total. The van der Waals surface area contributed by atoms with Crippen molar-refractivity contribution in [2.75, 3.05) is 40.5 Å². The minimum Gasteiger partial charge on any atom is -0.384 e. The minimum atomic E-state index is 0.500. The molecule has 1 saturated heterocycles. The lowest BCUT2D eigenvalue weighted by Crippen LogP contribution is -2.38. The molecule has 0 atom stereocenters. The van der Waals surface area contributed by atoms with Crippen LogP contribution in [-0.4, -0.2) is 45.4 Å². The highest BCUT2D eigenvalue weighted by Crippen LogP contribution is 2.46. The highest BCUT2D eigenvalue weighted by molar-refractivity contribution is 4.96. The minimum absolute atomic E-state index is 0.500. The van der Waals surface area contributed by atoms with Crippen LogP contribution in [0, 0.1) is 11.3 Å². The van der Waals surface area contributed by atoms with Crippen molar-refractivity contribution in [1.82, 2.24) is 4.90 Å². The van der Waals surface area contributed by atoms with E-state index in [1.54, 1.807) is 0 Å². The van der Waals surface area contributed by atoms with Gasteiger partial charge >= 0.3 is 0 Å². The van der Waals surface area contributed by atoms with Gasteiger partial charge in [-0.1, -0.05) is 20.8 Å². The Balaban J connectivity index is 0.000000659. The fourth-order valence-corrected chi connectivity index (χ4v) is 2.53. The number of likely N-dealkylation sites (tertiary alicyclic amines) is 1. The van der Waals surface area contributed by atoms with Gasteiger partial charge in [-0.3, -0.25) is 4.39 Å². The number of methoxy groups -OCH3 is 1. The van der Waals surface area contributed by atoms with Crippen LogP contribution in [0.25, 0.3) is 0 Å². The van der Waals surface area contributed by atoms with Gasteiger partial charge < -0.3 is 9.64 Å². The second-order valence-corrected chi connectivity index (χ2v) is 5.39. The Labute approximate surface area is 113 Å². The maximum atomic E-state index is 9.50. The van der Waals surface area contributed by atoms with Gasteiger partial charge in [0.25, 0.3) is 0 Å². The van der Waals surface area contributed by atoms with E-state index in [-0.39, 0.29) is 0 Å². The Morgan fingerprint density at radius 3 is 2.06 bits per heavy atom. The lowest BCUT2D eigenvalue weighted by atomic mass is 9.97. The van der Waals surface area contributed by atoms with Gasteiger partial charge in [0.05, 0.1) is 13.8 Å². The first-order chi connectivity index (χ1) is 8.74. The van der Waals surface area contributed by atoms with E-state index in [9.17, 15) is 4.39 Å². The van der Waals surface area contributed by atoms with Gasteiger partial charge in [0.15, 0.2) is 0 Å². The number of hydrogen-bond acceptors (Lipinski definition) is 2. The number of alkyl halides is 1. The molecule has 1 aliphatic heterocycles. The van der Waals surface area contributed by atoms with Crippen molar-refractivity contribution in [2.24, 2.45) is 11.3 Å². The van der Waals surface area contributed by atoms with Gasteiger partial charge in [0.2, 0.25) is 0 Å². The topological polar surface area (TPSA) is 12.5 Å². The van der Waals surface area contributed by atoms with Crippen molar-refractivity contribution in [3.63, 3.8) is 0 Å². The van der Waals surface area contributed by atoms with Gasteiger partial charge in [0, 0.05) is 19.1 Å². The van der Waals surface area contributed by atoms with Crippen molar-refractivity contribution in [3.8, 4) is 0 Å². The first-order valence-electron chi connectivity index (χ1n) is 7.33. The summed E-state index contributed by atoms with van der Waals surface area (Å²) in [6.07, 6.45) is 5.55. The summed E-state index contributed by atoms with van der Waals surface area (Å²) < 4.78 is 14.8. The van der Waals surface area contributed by atoms with Crippen molar-refractivity contribution >= 4 is 0 Å². The Morgan fingerprint density at radius 1 is 1.17 bits per heavy atom. The molecule has 2 aliphatic rings. The number of piperidine rings is 1. The number of ether oxygens (including phenoxy) is 1. The summed E-state index contributed by atoms with van der Waals surface area (Å²) in [6, 6.07) is 0. The second-order valence-electron chi connectivity index (χ2n) is 5.39. The highest BCUT2D eigenvalue weighted by Gasteiger charge is 2.44. The first kappa shape index (κ1) is 17.8. The van der Waals surface area contributed by atoms with Crippen LogP contribution in [0.3, 0.4) is 0 Å². The normalized spacial score (nSPS) is 22.3. The molecule has 0 unspecified atom stereocenters. The summed E-state index contributed by atoms with van der Waals surface area (Å²) >= 11 is 0. The summed E-state index contributed by atoms with van der Waals surface area (Å²) in [5, 5.41) is 0. The molecule has 1 saturated carbocycles. The molecule has 1 heterocycles. The number of hydrogen-bond donors (Lipinski definition) is 0. The van der Waals surface area contributed by atoms with Crippen LogP contribution < -0.4 is 0 Å². The molecule has 0 bridgehead atoms. The van der Waals surface area contributed by atoms with Crippen LogP contribution in [0.15, 0.2) is 0 Å². The molecule has 2 rings (SSSR count). The molecule has 110 valence electrons. The van der Waals surface area contributed by atoms with E-state index < -0.39 is 0 Å². The number of halogens is 1. The van der Waals surface area contributed by atoms with Crippen molar-refractivity contribution in [3.05, 3.63) is 0 Å². The van der Waals surface area contributed by atoms with Gasteiger partial charge in [0.1, 0.15) is 0 Å². The lowest BCUT2D eigenvalue weighted by molar-refractivity contribution is 0.0927. The van der Waals surface area contributed by atoms with E-state index >= 15 is 0 Å². The third-order valence-electron chi connectivity index (χ3n) is 3.84. The average molecular weight is 261 g/mol. The molecule has 0 aromatic heterocycles. The highest BCUT2D eigenvalue weighted by atomic mass is 19.1. The molecule has 0 N–H and O–H groups in total. The largest absolute Gasteiger partial charge is 0.384 e. The van der Waals surface area contributed by atoms with Crippen LogP contribution in [0.2, 0.25) is 0 Å². The zero-order chi connectivity index (χ0) is 14.0. The molecule has 3 heteroatoms. The average Bonchev–Trinajstić information content (AvgIpc) is 3.17. The second kappa shape index (κ2) is 9.74. The van der Waals surface area contributed by atoms with Crippen LogP contribution in [0.4, 0.5) is 4.39 Å². The zero-order valence-electron chi connectivity index (χ0n) is 13.0. The molecule has 0 radical (unpaired) electrons. The Bertz CT molecular complexity index is 187. The quantitative estimate of drug-likeness (QED) is 0.764. The molecule has 0 spiro atoms. The van der Waals surface area contributed by atoms with Crippen LogP contribution in [-0.2, 0) is 4.74 Å². The third-order valence-corrected chi connectivity index (χ3v) is 3.84. The Kier molecular flexibility index (Phi) is 9.66. The van der Waals surface area contributed by atoms with Crippen molar-refractivity contribution in [1.29, 1.82) is 0 Å². The van der Waals surface area contributed by atoms with E-state index in [0.29, 0.717) is 12.6 Å². The van der Waals surface area contributed by atoms with Gasteiger partial charge in [-0.15, -0.1) is 0 Å². The van der Waals surface area contributed by atoms with E-state index in [1.165, 1.54) is 45.3 Å². The van der Waals surface area contributed by atoms with Gasteiger partial charge in [-0.25, -0.2) is 0 Å². The predicted octanol–water partition coefficient (Wildman–Crippen LogP) is 3.76. The Morgan fingerprint density at radius 2 is 1.67 bits per heavy atom. The smallest absolute Gasteiger partial charge is 0.0785 e. The first-order valence-corrected chi connectivity index (χ1v) is 7.33. The molecular formula is C15H32FNO. The molecule has 18 heavy (non-hydrogen) atoms. The molecule has 1 aliphatic carbocycles. The Hall–Kier alpha value is -0.150. The fourth-order valence-electron chi connectivity index (χ4n) is 2.53. The predicted molar refractivity (Wildman–Crippen MR) is 76.8 cm³/mol. The van der Waals surface area contributed by atoms with E-state index in [4.69, 9.17) is 4.74 Å². The van der Waals surface area contributed by atoms with Crippen LogP contribution in [0.1, 0.15) is 46.5 Å². The third kappa shape index (κ3) is 6.14. The van der Waals surface area contributed by atoms with Crippen molar-refractivity contribution in [2.45, 2.75) is 46.5 Å². The van der Waals surface area contributed by atoms with E-state index in [1.807, 2.05) is 21.0 Å². The summed E-state index contributed by atoms with van der Waals surface area (Å²) in [6.45, 7) is 11.3. The van der Waals surface area contributed by atoms with E-state index in [0.717, 1.165) is 12.5 Å². The number of nitrogens with zero attached hydrogens (tertiary/aromatic N) is 1. The van der Waals surface area contributed by atoms with Gasteiger partial charge in [-0.2, -0.15) is 0 Å². The van der Waals surface area contributed by atoms with E-state index in [2.05, 4.69) is 11.8 Å². The molecule has 0 aromatic rings. The van der Waals surface area contributed by atoms with Crippen LogP contribution in [0.5, 0.6) is 0 Å². The van der Waals surface area contributed by atoms with Gasteiger partial charge in [-0.05, 0) is 44.7 Å². The SMILES string of the molecule is CC.CF.COCC1(CN2CCC(C)CC2)CC1. The molecule has 2 fully saturated rings. The molecule has 0 aromatic carbocycles. The standard InChI is InChI=1S/C12H23NO.C2H6.CH3F/c1-11-3-7-13(8-4-11)9-12(5-6-12)10-14-2;2*1-2/h11H,3-10H2,1-2H3;1-2H3;1H3. The fraction of sp³-hybridized carbons (Fsp3) is 1.00. The summed E-state index contributed by atoms with van der Waals surface area (Å²) in [4.78, 5) is 2.64. The van der Waals surface area contributed by atoms with Crippen LogP contribution >= 0.6 is 0 Å². The molecule has 0 amide bonds. The summed E-state index contributed by atoms with van der Waals surface area (Å²) in [7, 11) is 2.33. The molecular weight excluding hydrogens is 229 g/mol. The monoisotopic (exact) mass is 261 g/mol. The van der Waals surface area contributed by atoms with Crippen molar-refractivity contribution < 1.29 is 9.13 Å². The lowest BCUT2D eigenvalue weighted by Gasteiger charge is -2.33. The summed E-state index contributed by atoms with van der Waals surface area (Å²) in [5.41, 5.74) is 0.551. The maximum absolute atomic E-state index is 9.50.